The van der Waals surface area contributed by atoms with Crippen molar-refractivity contribution >= 4 is 33.4 Å². The second-order valence-corrected chi connectivity index (χ2v) is 6.37. The van der Waals surface area contributed by atoms with Gasteiger partial charge in [-0.15, -0.1) is 11.6 Å². The smallest absolute Gasteiger partial charge is 0.255 e. The van der Waals surface area contributed by atoms with E-state index >= 15 is 0 Å². The van der Waals surface area contributed by atoms with Crippen molar-refractivity contribution in [1.29, 1.82) is 0 Å². The second kappa shape index (κ2) is 6.62. The van der Waals surface area contributed by atoms with Gasteiger partial charge in [0, 0.05) is 10.5 Å². The van der Waals surface area contributed by atoms with Crippen molar-refractivity contribution in [2.45, 2.75) is 43.5 Å². The van der Waals surface area contributed by atoms with Crippen LogP contribution < -0.4 is 5.32 Å². The van der Waals surface area contributed by atoms with E-state index in [-0.39, 0.29) is 28.6 Å². The van der Waals surface area contributed by atoms with Gasteiger partial charge >= 0.3 is 0 Å². The standard InChI is InChI=1S/C14H17BrClNO2/c15-9-6-7-10(13(18)8-9)14(19)17-12-5-3-1-2-4-11(12)16/h6-8,11-12,18H,1-5H2,(H,17,19). The Morgan fingerprint density at radius 1 is 1.32 bits per heavy atom. The number of phenolic OH excluding ortho intramolecular Hbond substituents is 1. The monoisotopic (exact) mass is 345 g/mol. The van der Waals surface area contributed by atoms with Crippen molar-refractivity contribution in [3.05, 3.63) is 28.2 Å². The van der Waals surface area contributed by atoms with Crippen molar-refractivity contribution in [3.63, 3.8) is 0 Å². The Bertz CT molecular complexity index is 467. The number of phenols is 1. The third-order valence-corrected chi connectivity index (χ3v) is 4.47. The van der Waals surface area contributed by atoms with Gasteiger partial charge in [-0.1, -0.05) is 35.2 Å². The first-order valence-corrected chi connectivity index (χ1v) is 7.74. The van der Waals surface area contributed by atoms with Crippen molar-refractivity contribution in [1.82, 2.24) is 5.32 Å². The van der Waals surface area contributed by atoms with Gasteiger partial charge in [0.05, 0.1) is 10.9 Å². The topological polar surface area (TPSA) is 49.3 Å². The van der Waals surface area contributed by atoms with E-state index in [9.17, 15) is 9.90 Å². The number of benzene rings is 1. The Hall–Kier alpha value is -0.740. The molecule has 1 amide bonds. The van der Waals surface area contributed by atoms with Gasteiger partial charge in [0.1, 0.15) is 5.75 Å². The highest BCUT2D eigenvalue weighted by atomic mass is 79.9. The maximum Gasteiger partial charge on any atom is 0.255 e. The minimum Gasteiger partial charge on any atom is -0.507 e. The third-order valence-electron chi connectivity index (χ3n) is 3.45. The fourth-order valence-electron chi connectivity index (χ4n) is 2.37. The van der Waals surface area contributed by atoms with Crippen LogP contribution in [0.4, 0.5) is 0 Å². The maximum absolute atomic E-state index is 12.2. The van der Waals surface area contributed by atoms with Crippen LogP contribution in [0.2, 0.25) is 0 Å². The number of amides is 1. The van der Waals surface area contributed by atoms with Crippen LogP contribution in [0.5, 0.6) is 5.75 Å². The lowest BCUT2D eigenvalue weighted by Crippen LogP contribution is -2.40. The lowest BCUT2D eigenvalue weighted by Gasteiger charge is -2.21. The Kier molecular flexibility index (Phi) is 5.11. The Labute approximate surface area is 126 Å². The summed E-state index contributed by atoms with van der Waals surface area (Å²) in [4.78, 5) is 12.2. The van der Waals surface area contributed by atoms with Crippen LogP contribution in [0.15, 0.2) is 22.7 Å². The van der Waals surface area contributed by atoms with Gasteiger partial charge < -0.3 is 10.4 Å². The summed E-state index contributed by atoms with van der Waals surface area (Å²) in [6.07, 6.45) is 5.19. The summed E-state index contributed by atoms with van der Waals surface area (Å²) >= 11 is 9.55. The van der Waals surface area contributed by atoms with Crippen molar-refractivity contribution in [2.75, 3.05) is 0 Å². The third kappa shape index (κ3) is 3.86. The van der Waals surface area contributed by atoms with Gasteiger partial charge in [-0.2, -0.15) is 0 Å². The van der Waals surface area contributed by atoms with Crippen LogP contribution in [0.1, 0.15) is 42.5 Å². The quantitative estimate of drug-likeness (QED) is 0.631. The molecule has 0 spiro atoms. The number of hydrogen-bond donors (Lipinski definition) is 2. The molecule has 1 aromatic carbocycles. The molecule has 2 unspecified atom stereocenters. The van der Waals surface area contributed by atoms with Gasteiger partial charge in [-0.25, -0.2) is 0 Å². The van der Waals surface area contributed by atoms with E-state index in [2.05, 4.69) is 21.2 Å². The van der Waals surface area contributed by atoms with E-state index in [0.717, 1.165) is 30.2 Å². The average Bonchev–Trinajstić information content (AvgIpc) is 2.55. The van der Waals surface area contributed by atoms with E-state index in [0.29, 0.717) is 0 Å². The first-order chi connectivity index (χ1) is 9.08. The molecule has 0 radical (unpaired) electrons. The summed E-state index contributed by atoms with van der Waals surface area (Å²) in [5.74, 6) is -0.283. The molecular weight excluding hydrogens is 330 g/mol. The first-order valence-electron chi connectivity index (χ1n) is 6.51. The van der Waals surface area contributed by atoms with Crippen LogP contribution in [-0.2, 0) is 0 Å². The molecule has 2 N–H and O–H groups in total. The van der Waals surface area contributed by atoms with E-state index in [1.165, 1.54) is 12.5 Å². The number of hydrogen-bond acceptors (Lipinski definition) is 2. The first kappa shape index (κ1) is 14.7. The fourth-order valence-corrected chi connectivity index (χ4v) is 3.06. The van der Waals surface area contributed by atoms with Crippen LogP contribution in [0, 0.1) is 0 Å². The summed E-state index contributed by atoms with van der Waals surface area (Å²) in [5, 5.41) is 12.7. The molecule has 0 saturated heterocycles. The number of halogens is 2. The van der Waals surface area contributed by atoms with Gasteiger partial charge in [0.15, 0.2) is 0 Å². The second-order valence-electron chi connectivity index (χ2n) is 4.90. The van der Waals surface area contributed by atoms with E-state index in [1.54, 1.807) is 12.1 Å². The molecule has 104 valence electrons. The number of nitrogens with one attached hydrogen (secondary N) is 1. The Balaban J connectivity index is 2.07. The SMILES string of the molecule is O=C(NC1CCCCCC1Cl)c1ccc(Br)cc1O. The molecular formula is C14H17BrClNO2. The van der Waals surface area contributed by atoms with Crippen molar-refractivity contribution in [2.24, 2.45) is 0 Å². The van der Waals surface area contributed by atoms with Gasteiger partial charge in [0.2, 0.25) is 0 Å². The molecule has 1 fully saturated rings. The molecule has 0 bridgehead atoms. The fraction of sp³-hybridized carbons (Fsp3) is 0.500. The van der Waals surface area contributed by atoms with Crippen molar-refractivity contribution in [3.8, 4) is 5.75 Å². The van der Waals surface area contributed by atoms with Crippen LogP contribution in [0.3, 0.4) is 0 Å². The molecule has 1 saturated carbocycles. The normalized spacial score (nSPS) is 23.7. The van der Waals surface area contributed by atoms with Gasteiger partial charge in [-0.05, 0) is 31.0 Å². The van der Waals surface area contributed by atoms with Crippen molar-refractivity contribution < 1.29 is 9.90 Å². The van der Waals surface area contributed by atoms with E-state index < -0.39 is 0 Å². The van der Waals surface area contributed by atoms with Crippen LogP contribution >= 0.6 is 27.5 Å². The van der Waals surface area contributed by atoms with Gasteiger partial charge in [-0.3, -0.25) is 4.79 Å². The molecule has 2 atom stereocenters. The van der Waals surface area contributed by atoms with Gasteiger partial charge in [0.25, 0.3) is 5.91 Å². The van der Waals surface area contributed by atoms with Crippen LogP contribution in [0.25, 0.3) is 0 Å². The Morgan fingerprint density at radius 3 is 2.79 bits per heavy atom. The minimum absolute atomic E-state index is 0.0142. The zero-order valence-corrected chi connectivity index (χ0v) is 12.9. The number of aromatic hydroxyl groups is 1. The zero-order valence-electron chi connectivity index (χ0n) is 10.5. The highest BCUT2D eigenvalue weighted by molar-refractivity contribution is 9.10. The van der Waals surface area contributed by atoms with E-state index in [1.807, 2.05) is 0 Å². The molecule has 2 rings (SSSR count). The van der Waals surface area contributed by atoms with E-state index in [4.69, 9.17) is 11.6 Å². The summed E-state index contributed by atoms with van der Waals surface area (Å²) in [7, 11) is 0. The maximum atomic E-state index is 12.2. The Morgan fingerprint density at radius 2 is 2.05 bits per heavy atom. The molecule has 0 aromatic heterocycles. The summed E-state index contributed by atoms with van der Waals surface area (Å²) in [5.41, 5.74) is 0.288. The lowest BCUT2D eigenvalue weighted by atomic mass is 10.1. The number of alkyl halides is 1. The lowest BCUT2D eigenvalue weighted by molar-refractivity contribution is 0.0931. The molecule has 1 aliphatic carbocycles. The largest absolute Gasteiger partial charge is 0.507 e. The average molecular weight is 347 g/mol. The predicted octanol–water partition coefficient (Wildman–Crippen LogP) is 3.82. The summed E-state index contributed by atoms with van der Waals surface area (Å²) in [6, 6.07) is 4.84. The highest BCUT2D eigenvalue weighted by Crippen LogP contribution is 2.25. The van der Waals surface area contributed by atoms with Crippen LogP contribution in [-0.4, -0.2) is 22.4 Å². The molecule has 1 aromatic rings. The number of carbonyl (C=O) groups excluding carboxylic acids is 1. The summed E-state index contributed by atoms with van der Waals surface area (Å²) < 4.78 is 0.742. The molecule has 0 heterocycles. The molecule has 0 aliphatic heterocycles. The molecule has 3 nitrogen and oxygen atoms in total. The highest BCUT2D eigenvalue weighted by Gasteiger charge is 2.24. The minimum atomic E-state index is -0.262. The predicted molar refractivity (Wildman–Crippen MR) is 79.8 cm³/mol. The zero-order chi connectivity index (χ0) is 13.8. The molecule has 1 aliphatic rings. The molecule has 5 heteroatoms. The number of rotatable bonds is 2. The molecule has 19 heavy (non-hydrogen) atoms. The number of carbonyl (C=O) groups is 1. The summed E-state index contributed by atoms with van der Waals surface area (Å²) in [6.45, 7) is 0.